The van der Waals surface area contributed by atoms with Crippen molar-refractivity contribution < 1.29 is 9.59 Å². The van der Waals surface area contributed by atoms with Crippen molar-refractivity contribution >= 4 is 67.3 Å². The van der Waals surface area contributed by atoms with Crippen molar-refractivity contribution in [1.82, 2.24) is 4.90 Å². The van der Waals surface area contributed by atoms with Gasteiger partial charge in [-0.15, -0.1) is 0 Å². The maximum Gasteiger partial charge on any atom is 0.267 e. The van der Waals surface area contributed by atoms with Gasteiger partial charge in [0.1, 0.15) is 4.32 Å². The van der Waals surface area contributed by atoms with Crippen LogP contribution in [0.15, 0.2) is 27.6 Å². The van der Waals surface area contributed by atoms with Crippen LogP contribution in [0.4, 0.5) is 5.69 Å². The second kappa shape index (κ2) is 7.21. The van der Waals surface area contributed by atoms with E-state index in [0.29, 0.717) is 21.3 Å². The molecule has 0 aromatic heterocycles. The Kier molecular flexibility index (Phi) is 5.37. The molecule has 0 atom stereocenters. The molecular formula is C18H19BrN2O2S2. The van der Waals surface area contributed by atoms with E-state index in [0.717, 1.165) is 28.6 Å². The van der Waals surface area contributed by atoms with Crippen molar-refractivity contribution in [3.05, 3.63) is 33.1 Å². The fourth-order valence-electron chi connectivity index (χ4n) is 3.04. The molecule has 2 aliphatic heterocycles. The highest BCUT2D eigenvalue weighted by Crippen LogP contribution is 2.45. The lowest BCUT2D eigenvalue weighted by atomic mass is 10.1. The van der Waals surface area contributed by atoms with Gasteiger partial charge in [-0.25, -0.2) is 0 Å². The molecule has 4 nitrogen and oxygen atoms in total. The molecule has 0 radical (unpaired) electrons. The van der Waals surface area contributed by atoms with Gasteiger partial charge in [-0.3, -0.25) is 14.5 Å². The predicted octanol–water partition coefficient (Wildman–Crippen LogP) is 4.58. The summed E-state index contributed by atoms with van der Waals surface area (Å²) in [5, 5.41) is 0. The molecule has 132 valence electrons. The van der Waals surface area contributed by atoms with Gasteiger partial charge in [0.2, 0.25) is 0 Å². The summed E-state index contributed by atoms with van der Waals surface area (Å²) in [6.45, 7) is 6.59. The minimum Gasteiger partial charge on any atom is -0.308 e. The molecule has 3 rings (SSSR count). The van der Waals surface area contributed by atoms with Crippen LogP contribution in [-0.2, 0) is 9.59 Å². The number of rotatable bonds is 4. The monoisotopic (exact) mass is 438 g/mol. The van der Waals surface area contributed by atoms with E-state index in [1.54, 1.807) is 9.80 Å². The van der Waals surface area contributed by atoms with Crippen LogP contribution < -0.4 is 4.90 Å². The van der Waals surface area contributed by atoms with Gasteiger partial charge >= 0.3 is 0 Å². The highest BCUT2D eigenvalue weighted by Gasteiger charge is 2.42. The first-order valence-electron chi connectivity index (χ1n) is 8.28. The first kappa shape index (κ1) is 18.6. The summed E-state index contributed by atoms with van der Waals surface area (Å²) in [6.07, 6.45) is 1.92. The number of thioether (sulfide) groups is 1. The van der Waals surface area contributed by atoms with Crippen molar-refractivity contribution in [2.75, 3.05) is 11.4 Å². The third-order valence-electron chi connectivity index (χ3n) is 4.26. The molecule has 0 N–H and O–H groups in total. The maximum absolute atomic E-state index is 13.1. The zero-order chi connectivity index (χ0) is 18.3. The van der Waals surface area contributed by atoms with Crippen LogP contribution in [0.2, 0.25) is 0 Å². The van der Waals surface area contributed by atoms with E-state index in [1.807, 2.05) is 32.0 Å². The van der Waals surface area contributed by atoms with Gasteiger partial charge in [0, 0.05) is 22.6 Å². The van der Waals surface area contributed by atoms with Crippen molar-refractivity contribution in [1.29, 1.82) is 0 Å². The molecule has 0 aliphatic carbocycles. The third-order valence-corrected chi connectivity index (χ3v) is 6.15. The molecule has 2 amide bonds. The Morgan fingerprint density at radius 1 is 1.24 bits per heavy atom. The predicted molar refractivity (Wildman–Crippen MR) is 110 cm³/mol. The molecule has 1 aromatic rings. The summed E-state index contributed by atoms with van der Waals surface area (Å²) in [5.74, 6) is -0.276. The molecule has 7 heteroatoms. The number of hydrogen-bond acceptors (Lipinski definition) is 4. The van der Waals surface area contributed by atoms with Gasteiger partial charge in [0.15, 0.2) is 0 Å². The second-order valence-corrected chi connectivity index (χ2v) is 8.87. The Morgan fingerprint density at radius 2 is 1.96 bits per heavy atom. The van der Waals surface area contributed by atoms with Crippen molar-refractivity contribution in [2.45, 2.75) is 39.7 Å². The summed E-state index contributed by atoms with van der Waals surface area (Å²) >= 11 is 10.1. The summed E-state index contributed by atoms with van der Waals surface area (Å²) in [6, 6.07) is 5.74. The van der Waals surface area contributed by atoms with E-state index in [1.165, 1.54) is 11.8 Å². The molecule has 0 spiro atoms. The molecule has 0 bridgehead atoms. The molecular weight excluding hydrogens is 420 g/mol. The van der Waals surface area contributed by atoms with E-state index in [9.17, 15) is 9.59 Å². The zero-order valence-electron chi connectivity index (χ0n) is 14.3. The molecule has 2 heterocycles. The molecule has 2 aliphatic rings. The van der Waals surface area contributed by atoms with Gasteiger partial charge in [0.05, 0.1) is 16.2 Å². The van der Waals surface area contributed by atoms with Crippen LogP contribution in [0, 0.1) is 0 Å². The largest absolute Gasteiger partial charge is 0.308 e. The van der Waals surface area contributed by atoms with Crippen LogP contribution in [0.25, 0.3) is 5.57 Å². The van der Waals surface area contributed by atoms with Crippen LogP contribution in [0.5, 0.6) is 0 Å². The molecule has 0 saturated carbocycles. The van der Waals surface area contributed by atoms with Gasteiger partial charge in [-0.05, 0) is 38.5 Å². The number of unbranched alkanes of at least 4 members (excludes halogenated alkanes) is 1. The maximum atomic E-state index is 13.1. The van der Waals surface area contributed by atoms with Crippen molar-refractivity contribution in [2.24, 2.45) is 0 Å². The molecule has 1 saturated heterocycles. The Morgan fingerprint density at radius 3 is 2.56 bits per heavy atom. The lowest BCUT2D eigenvalue weighted by Gasteiger charge is -2.18. The van der Waals surface area contributed by atoms with Gasteiger partial charge < -0.3 is 4.90 Å². The van der Waals surface area contributed by atoms with E-state index < -0.39 is 0 Å². The van der Waals surface area contributed by atoms with Crippen LogP contribution in [-0.4, -0.2) is 33.6 Å². The molecule has 0 unspecified atom stereocenters. The Balaban J connectivity index is 2.14. The molecule has 1 fully saturated rings. The van der Waals surface area contributed by atoms with E-state index in [-0.39, 0.29) is 17.9 Å². The first-order chi connectivity index (χ1) is 11.9. The second-order valence-electron chi connectivity index (χ2n) is 6.31. The third kappa shape index (κ3) is 3.17. The summed E-state index contributed by atoms with van der Waals surface area (Å²) < 4.78 is 1.40. The number of carbonyl (C=O) groups excluding carboxylic acids is 2. The lowest BCUT2D eigenvalue weighted by molar-refractivity contribution is -0.123. The topological polar surface area (TPSA) is 40.6 Å². The number of fused-ring (bicyclic) bond motifs is 1. The number of anilines is 1. The summed E-state index contributed by atoms with van der Waals surface area (Å²) in [7, 11) is 0. The van der Waals surface area contributed by atoms with Crippen molar-refractivity contribution in [3.8, 4) is 0 Å². The van der Waals surface area contributed by atoms with Crippen LogP contribution in [0.1, 0.15) is 39.2 Å². The first-order valence-corrected chi connectivity index (χ1v) is 10.3. The van der Waals surface area contributed by atoms with Gasteiger partial charge in [-0.1, -0.05) is 53.3 Å². The van der Waals surface area contributed by atoms with E-state index >= 15 is 0 Å². The quantitative estimate of drug-likeness (QED) is 0.509. The van der Waals surface area contributed by atoms with E-state index in [2.05, 4.69) is 22.9 Å². The fraction of sp³-hybridized carbons (Fsp3) is 0.389. The van der Waals surface area contributed by atoms with Gasteiger partial charge in [-0.2, -0.15) is 0 Å². The number of hydrogen-bond donors (Lipinski definition) is 0. The van der Waals surface area contributed by atoms with E-state index in [4.69, 9.17) is 12.2 Å². The molecule has 25 heavy (non-hydrogen) atoms. The highest BCUT2D eigenvalue weighted by atomic mass is 79.9. The lowest BCUT2D eigenvalue weighted by Crippen LogP contribution is -2.35. The number of amides is 2. The average Bonchev–Trinajstić information content (AvgIpc) is 2.98. The number of thiocarbonyl (C=S) groups is 1. The van der Waals surface area contributed by atoms with Crippen LogP contribution >= 0.6 is 39.9 Å². The summed E-state index contributed by atoms with van der Waals surface area (Å²) in [4.78, 5) is 29.8. The highest BCUT2D eigenvalue weighted by molar-refractivity contribution is 9.10. The normalized spacial score (nSPS) is 20.3. The SMILES string of the molecule is CCCCN1C(=O)/C(=C2\SC(=S)N(C(C)C)C2=O)c2cc(Br)ccc21. The van der Waals surface area contributed by atoms with Crippen LogP contribution in [0.3, 0.4) is 0 Å². The number of carbonyl (C=O) groups is 2. The standard InChI is InChI=1S/C18H19BrN2O2S2/c1-4-5-8-20-13-7-6-11(19)9-12(13)14(16(20)22)15-17(23)21(10(2)3)18(24)25-15/h6-7,9-10H,4-5,8H2,1-3H3/b15-14-. The van der Waals surface area contributed by atoms with Crippen molar-refractivity contribution in [3.63, 3.8) is 0 Å². The Hall–Kier alpha value is -1.18. The fourth-order valence-corrected chi connectivity index (χ4v) is 4.99. The number of nitrogens with zero attached hydrogens (tertiary/aromatic N) is 2. The smallest absolute Gasteiger partial charge is 0.267 e. The molecule has 1 aromatic carbocycles. The number of halogens is 1. The number of benzene rings is 1. The Labute approximate surface area is 165 Å². The average molecular weight is 439 g/mol. The minimum absolute atomic E-state index is 0.0275. The van der Waals surface area contributed by atoms with Gasteiger partial charge in [0.25, 0.3) is 11.8 Å². The minimum atomic E-state index is -0.170. The Bertz CT molecular complexity index is 804. The zero-order valence-corrected chi connectivity index (χ0v) is 17.6. The summed E-state index contributed by atoms with van der Waals surface area (Å²) in [5.41, 5.74) is 2.15.